The van der Waals surface area contributed by atoms with Gasteiger partial charge in [-0.2, -0.15) is 17.0 Å². The minimum Gasteiger partial charge on any atom is -0.481 e. The highest BCUT2D eigenvalue weighted by Crippen LogP contribution is 2.26. The summed E-state index contributed by atoms with van der Waals surface area (Å²) in [6.07, 6.45) is 3.77. The van der Waals surface area contributed by atoms with Crippen molar-refractivity contribution in [3.8, 4) is 0 Å². The molecule has 0 aliphatic heterocycles. The fourth-order valence-electron chi connectivity index (χ4n) is 2.35. The molecule has 0 heterocycles. The van der Waals surface area contributed by atoms with Crippen LogP contribution in [0, 0.1) is 0 Å². The lowest BCUT2D eigenvalue weighted by atomic mass is 10.2. The minimum atomic E-state index is -3.53. The Morgan fingerprint density at radius 2 is 1.89 bits per heavy atom. The number of hydrogen-bond donors (Lipinski definition) is 1. The standard InChI is InChI=1S/C11H22N2O4S/c1-3-13(10-6-4-5-7-10)18(16,17)12(2)9-8-11(14)15/h10H,3-9H2,1-2H3,(H,14,15). The van der Waals surface area contributed by atoms with Crippen molar-refractivity contribution in [2.75, 3.05) is 20.1 Å². The van der Waals surface area contributed by atoms with Gasteiger partial charge in [-0.15, -0.1) is 0 Å². The summed E-state index contributed by atoms with van der Waals surface area (Å²) in [6.45, 7) is 2.27. The fraction of sp³-hybridized carbons (Fsp3) is 0.909. The first-order valence-corrected chi connectivity index (χ1v) is 7.74. The van der Waals surface area contributed by atoms with Crippen molar-refractivity contribution in [2.45, 2.75) is 45.1 Å². The van der Waals surface area contributed by atoms with Gasteiger partial charge in [0.25, 0.3) is 10.2 Å². The number of hydrogen-bond acceptors (Lipinski definition) is 3. The van der Waals surface area contributed by atoms with E-state index in [0.29, 0.717) is 6.54 Å². The molecule has 7 heteroatoms. The molecule has 18 heavy (non-hydrogen) atoms. The van der Waals surface area contributed by atoms with Crippen LogP contribution in [0.2, 0.25) is 0 Å². The van der Waals surface area contributed by atoms with Crippen LogP contribution in [0.25, 0.3) is 0 Å². The van der Waals surface area contributed by atoms with E-state index in [9.17, 15) is 13.2 Å². The van der Waals surface area contributed by atoms with E-state index in [1.54, 1.807) is 0 Å². The predicted molar refractivity (Wildman–Crippen MR) is 68.4 cm³/mol. The molecule has 0 amide bonds. The quantitative estimate of drug-likeness (QED) is 0.750. The molecule has 0 atom stereocenters. The molecule has 1 saturated carbocycles. The van der Waals surface area contributed by atoms with Gasteiger partial charge in [-0.1, -0.05) is 19.8 Å². The SMILES string of the molecule is CCN(C1CCCC1)S(=O)(=O)N(C)CCC(=O)O. The lowest BCUT2D eigenvalue weighted by Crippen LogP contribution is -2.46. The van der Waals surface area contributed by atoms with Crippen LogP contribution in [0.3, 0.4) is 0 Å². The summed E-state index contributed by atoms with van der Waals surface area (Å²) in [7, 11) is -2.09. The van der Waals surface area contributed by atoms with Gasteiger partial charge in [0.1, 0.15) is 0 Å². The average Bonchev–Trinajstić information content (AvgIpc) is 2.79. The highest BCUT2D eigenvalue weighted by atomic mass is 32.2. The van der Waals surface area contributed by atoms with Gasteiger partial charge in [-0.05, 0) is 12.8 Å². The number of aliphatic carboxylic acids is 1. The highest BCUT2D eigenvalue weighted by molar-refractivity contribution is 7.86. The second kappa shape index (κ2) is 6.49. The van der Waals surface area contributed by atoms with E-state index in [2.05, 4.69) is 0 Å². The maximum atomic E-state index is 12.3. The second-order valence-electron chi connectivity index (χ2n) is 4.61. The van der Waals surface area contributed by atoms with Gasteiger partial charge < -0.3 is 5.11 Å². The number of nitrogens with zero attached hydrogens (tertiary/aromatic N) is 2. The molecule has 0 spiro atoms. The summed E-state index contributed by atoms with van der Waals surface area (Å²) in [6, 6.07) is 0.0762. The van der Waals surface area contributed by atoms with E-state index in [1.807, 2.05) is 6.92 Å². The first kappa shape index (κ1) is 15.4. The number of carbonyl (C=O) groups is 1. The third kappa shape index (κ3) is 3.66. The maximum Gasteiger partial charge on any atom is 0.304 e. The van der Waals surface area contributed by atoms with Crippen LogP contribution >= 0.6 is 0 Å². The summed E-state index contributed by atoms with van der Waals surface area (Å²) in [4.78, 5) is 10.5. The molecule has 0 aromatic heterocycles. The maximum absolute atomic E-state index is 12.3. The van der Waals surface area contributed by atoms with E-state index in [-0.39, 0.29) is 19.0 Å². The van der Waals surface area contributed by atoms with Gasteiger partial charge in [0.05, 0.1) is 6.42 Å². The third-order valence-electron chi connectivity index (χ3n) is 3.37. The Morgan fingerprint density at radius 3 is 2.33 bits per heavy atom. The Kier molecular flexibility index (Phi) is 5.55. The molecular weight excluding hydrogens is 256 g/mol. The molecule has 0 unspecified atom stereocenters. The van der Waals surface area contributed by atoms with Crippen LogP contribution in [0.15, 0.2) is 0 Å². The Balaban J connectivity index is 2.72. The number of carboxylic acids is 1. The first-order valence-electron chi connectivity index (χ1n) is 6.34. The first-order chi connectivity index (χ1) is 8.39. The van der Waals surface area contributed by atoms with Gasteiger partial charge in [0.2, 0.25) is 0 Å². The molecule has 1 N–H and O–H groups in total. The molecule has 106 valence electrons. The van der Waals surface area contributed by atoms with Crippen LogP contribution in [-0.4, -0.2) is 54.3 Å². The largest absolute Gasteiger partial charge is 0.481 e. The third-order valence-corrected chi connectivity index (χ3v) is 5.49. The van der Waals surface area contributed by atoms with Crippen LogP contribution < -0.4 is 0 Å². The molecule has 0 radical (unpaired) electrons. The van der Waals surface area contributed by atoms with E-state index >= 15 is 0 Å². The van der Waals surface area contributed by atoms with Crippen LogP contribution in [0.4, 0.5) is 0 Å². The van der Waals surface area contributed by atoms with Crippen molar-refractivity contribution in [1.82, 2.24) is 8.61 Å². The lowest BCUT2D eigenvalue weighted by Gasteiger charge is -2.30. The molecule has 1 fully saturated rings. The Labute approximate surface area is 109 Å². The topological polar surface area (TPSA) is 77.9 Å². The average molecular weight is 278 g/mol. The van der Waals surface area contributed by atoms with E-state index in [0.717, 1.165) is 30.0 Å². The number of rotatable bonds is 7. The molecule has 6 nitrogen and oxygen atoms in total. The zero-order valence-electron chi connectivity index (χ0n) is 11.0. The zero-order chi connectivity index (χ0) is 13.8. The zero-order valence-corrected chi connectivity index (χ0v) is 11.8. The van der Waals surface area contributed by atoms with Crippen molar-refractivity contribution in [2.24, 2.45) is 0 Å². The van der Waals surface area contributed by atoms with E-state index in [1.165, 1.54) is 11.4 Å². The van der Waals surface area contributed by atoms with Gasteiger partial charge in [0, 0.05) is 26.2 Å². The molecular formula is C11H22N2O4S. The van der Waals surface area contributed by atoms with Crippen molar-refractivity contribution in [3.63, 3.8) is 0 Å². The smallest absolute Gasteiger partial charge is 0.304 e. The van der Waals surface area contributed by atoms with E-state index in [4.69, 9.17) is 5.11 Å². The predicted octanol–water partition coefficient (Wildman–Crippen LogP) is 0.902. The monoisotopic (exact) mass is 278 g/mol. The molecule has 1 aliphatic rings. The Hall–Kier alpha value is -0.660. The summed E-state index contributed by atoms with van der Waals surface area (Å²) in [5, 5.41) is 8.60. The summed E-state index contributed by atoms with van der Waals surface area (Å²) in [5.74, 6) is -0.985. The molecule has 0 bridgehead atoms. The Bertz CT molecular complexity index is 377. The van der Waals surface area contributed by atoms with Crippen molar-refractivity contribution in [3.05, 3.63) is 0 Å². The summed E-state index contributed by atoms with van der Waals surface area (Å²) >= 11 is 0. The van der Waals surface area contributed by atoms with Gasteiger partial charge >= 0.3 is 5.97 Å². The van der Waals surface area contributed by atoms with Gasteiger partial charge in [-0.3, -0.25) is 4.79 Å². The molecule has 1 rings (SSSR count). The van der Waals surface area contributed by atoms with Crippen LogP contribution in [0.1, 0.15) is 39.0 Å². The Morgan fingerprint density at radius 1 is 1.33 bits per heavy atom. The second-order valence-corrected chi connectivity index (χ2v) is 6.60. The van der Waals surface area contributed by atoms with Crippen molar-refractivity contribution < 1.29 is 18.3 Å². The minimum absolute atomic E-state index is 0.0148. The van der Waals surface area contributed by atoms with Crippen LogP contribution in [-0.2, 0) is 15.0 Å². The summed E-state index contributed by atoms with van der Waals surface area (Å²) < 4.78 is 27.3. The van der Waals surface area contributed by atoms with Crippen molar-refractivity contribution in [1.29, 1.82) is 0 Å². The molecule has 0 aromatic rings. The van der Waals surface area contributed by atoms with Crippen molar-refractivity contribution >= 4 is 16.2 Å². The fourth-order valence-corrected chi connectivity index (χ4v) is 3.94. The van der Waals surface area contributed by atoms with E-state index < -0.39 is 16.2 Å². The van der Waals surface area contributed by atoms with Gasteiger partial charge in [0.15, 0.2) is 0 Å². The van der Waals surface area contributed by atoms with Gasteiger partial charge in [-0.25, -0.2) is 0 Å². The highest BCUT2D eigenvalue weighted by Gasteiger charge is 2.33. The normalized spacial score (nSPS) is 17.8. The molecule has 1 aliphatic carbocycles. The summed E-state index contributed by atoms with van der Waals surface area (Å²) in [5.41, 5.74) is 0. The molecule has 0 aromatic carbocycles. The lowest BCUT2D eigenvalue weighted by molar-refractivity contribution is -0.137. The molecule has 0 saturated heterocycles. The van der Waals surface area contributed by atoms with Crippen LogP contribution in [0.5, 0.6) is 0 Å². The number of carboxylic acid groups (broad SMARTS) is 1.